The number of carboxylic acids is 1. The first-order valence-corrected chi connectivity index (χ1v) is 8.86. The Bertz CT molecular complexity index is 659. The van der Waals surface area contributed by atoms with Gasteiger partial charge in [0.1, 0.15) is 0 Å². The van der Waals surface area contributed by atoms with Crippen molar-refractivity contribution in [1.29, 1.82) is 0 Å². The lowest BCUT2D eigenvalue weighted by Crippen LogP contribution is -2.34. The summed E-state index contributed by atoms with van der Waals surface area (Å²) in [5.41, 5.74) is 0.427. The van der Waals surface area contributed by atoms with E-state index in [4.69, 9.17) is 4.74 Å². The zero-order chi connectivity index (χ0) is 17.5. The summed E-state index contributed by atoms with van der Waals surface area (Å²) in [6, 6.07) is 4.43. The number of benzene rings is 1. The van der Waals surface area contributed by atoms with Gasteiger partial charge in [0, 0.05) is 5.69 Å². The molecule has 23 heavy (non-hydrogen) atoms. The molecule has 0 spiro atoms. The van der Waals surface area contributed by atoms with Gasteiger partial charge >= 0.3 is 12.1 Å². The zero-order valence-corrected chi connectivity index (χ0v) is 13.7. The SMILES string of the molecule is CCCCOC(=O)N[C@@H](C(=O)O)c1cccc(NS(C)(=O)=O)c1. The number of hydrogen-bond acceptors (Lipinski definition) is 5. The number of rotatable bonds is 8. The molecule has 9 heteroatoms. The van der Waals surface area contributed by atoms with Crippen molar-refractivity contribution >= 4 is 27.8 Å². The molecule has 0 aliphatic carbocycles. The standard InChI is InChI=1S/C14H20N2O6S/c1-3-4-8-22-14(19)15-12(13(17)18)10-6-5-7-11(9-10)16-23(2,20)21/h5-7,9,12,16H,3-4,8H2,1-2H3,(H,15,19)(H,17,18)/t12-/m1/s1. The zero-order valence-electron chi connectivity index (χ0n) is 12.9. The maximum Gasteiger partial charge on any atom is 0.408 e. The van der Waals surface area contributed by atoms with Gasteiger partial charge < -0.3 is 15.2 Å². The van der Waals surface area contributed by atoms with Gasteiger partial charge in [-0.1, -0.05) is 25.5 Å². The Hall–Kier alpha value is -2.29. The highest BCUT2D eigenvalue weighted by Gasteiger charge is 2.23. The van der Waals surface area contributed by atoms with Crippen molar-refractivity contribution < 1.29 is 27.9 Å². The van der Waals surface area contributed by atoms with Crippen molar-refractivity contribution in [3.63, 3.8) is 0 Å². The third kappa shape index (κ3) is 7.00. The van der Waals surface area contributed by atoms with E-state index in [9.17, 15) is 23.1 Å². The molecule has 1 aromatic carbocycles. The molecule has 128 valence electrons. The molecule has 1 atom stereocenters. The third-order valence-corrected chi connectivity index (χ3v) is 3.37. The van der Waals surface area contributed by atoms with Crippen molar-refractivity contribution in [2.75, 3.05) is 17.6 Å². The van der Waals surface area contributed by atoms with Gasteiger partial charge in [0.2, 0.25) is 10.0 Å². The fourth-order valence-corrected chi connectivity index (χ4v) is 2.31. The van der Waals surface area contributed by atoms with E-state index in [0.29, 0.717) is 6.42 Å². The first-order valence-electron chi connectivity index (χ1n) is 6.96. The number of aliphatic carboxylic acids is 1. The number of unbranched alkanes of at least 4 members (excludes halogenated alkanes) is 1. The Labute approximate surface area is 134 Å². The molecule has 0 saturated heterocycles. The van der Waals surface area contributed by atoms with Crippen LogP contribution in [0.1, 0.15) is 31.4 Å². The van der Waals surface area contributed by atoms with Crippen LogP contribution in [-0.2, 0) is 19.6 Å². The number of anilines is 1. The number of nitrogens with one attached hydrogen (secondary N) is 2. The van der Waals surface area contributed by atoms with Gasteiger partial charge in [0.15, 0.2) is 6.04 Å². The summed E-state index contributed by atoms with van der Waals surface area (Å²) in [5, 5.41) is 11.5. The number of alkyl carbamates (subject to hydrolysis) is 1. The highest BCUT2D eigenvalue weighted by atomic mass is 32.2. The van der Waals surface area contributed by atoms with Crippen LogP contribution in [0.3, 0.4) is 0 Å². The normalized spacial score (nSPS) is 12.3. The Kier molecular flexibility index (Phi) is 6.83. The molecule has 0 fully saturated rings. The van der Waals surface area contributed by atoms with Gasteiger partial charge in [-0.05, 0) is 24.1 Å². The molecule has 0 heterocycles. The molecular formula is C14H20N2O6S. The molecule has 0 aromatic heterocycles. The highest BCUT2D eigenvalue weighted by molar-refractivity contribution is 7.92. The topological polar surface area (TPSA) is 122 Å². The number of amides is 1. The minimum absolute atomic E-state index is 0.199. The maximum atomic E-state index is 11.6. The fraction of sp³-hybridized carbons (Fsp3) is 0.429. The second kappa shape index (κ2) is 8.37. The average molecular weight is 344 g/mol. The van der Waals surface area contributed by atoms with Gasteiger partial charge in [-0.2, -0.15) is 0 Å². The van der Waals surface area contributed by atoms with Crippen LogP contribution in [0.4, 0.5) is 10.5 Å². The monoisotopic (exact) mass is 344 g/mol. The molecule has 0 unspecified atom stereocenters. The first-order chi connectivity index (χ1) is 10.7. The molecule has 0 aliphatic heterocycles. The van der Waals surface area contributed by atoms with Gasteiger partial charge in [0.25, 0.3) is 0 Å². The summed E-state index contributed by atoms with van der Waals surface area (Å²) in [7, 11) is -3.49. The Morgan fingerprint density at radius 1 is 1.35 bits per heavy atom. The number of carbonyl (C=O) groups excluding carboxylic acids is 1. The van der Waals surface area contributed by atoms with Gasteiger partial charge in [0.05, 0.1) is 12.9 Å². The molecular weight excluding hydrogens is 324 g/mol. The van der Waals surface area contributed by atoms with Gasteiger partial charge in [-0.15, -0.1) is 0 Å². The predicted octanol–water partition coefficient (Wildman–Crippen LogP) is 1.71. The lowest BCUT2D eigenvalue weighted by molar-refractivity contribution is -0.139. The molecule has 0 radical (unpaired) electrons. The minimum atomic E-state index is -3.49. The van der Waals surface area contributed by atoms with Gasteiger partial charge in [-0.25, -0.2) is 18.0 Å². The van der Waals surface area contributed by atoms with Crippen molar-refractivity contribution in [3.8, 4) is 0 Å². The summed E-state index contributed by atoms with van der Waals surface area (Å²) in [5.74, 6) is -1.28. The molecule has 0 saturated carbocycles. The third-order valence-electron chi connectivity index (χ3n) is 2.76. The van der Waals surface area contributed by atoms with E-state index in [-0.39, 0.29) is 17.9 Å². The molecule has 1 aromatic rings. The van der Waals surface area contributed by atoms with Crippen LogP contribution in [0.25, 0.3) is 0 Å². The summed E-state index contributed by atoms with van der Waals surface area (Å²) in [6.07, 6.45) is 1.66. The highest BCUT2D eigenvalue weighted by Crippen LogP contribution is 2.19. The second-order valence-corrected chi connectivity index (χ2v) is 6.65. The van der Waals surface area contributed by atoms with Crippen LogP contribution < -0.4 is 10.0 Å². The van der Waals surface area contributed by atoms with E-state index in [1.54, 1.807) is 0 Å². The van der Waals surface area contributed by atoms with Crippen molar-refractivity contribution in [1.82, 2.24) is 5.32 Å². The van der Waals surface area contributed by atoms with E-state index < -0.39 is 28.1 Å². The van der Waals surface area contributed by atoms with Crippen LogP contribution in [0.2, 0.25) is 0 Å². The molecule has 1 amide bonds. The van der Waals surface area contributed by atoms with Crippen LogP contribution in [-0.4, -0.2) is 38.4 Å². The quantitative estimate of drug-likeness (QED) is 0.617. The summed E-state index contributed by atoms with van der Waals surface area (Å²) < 4.78 is 29.6. The van der Waals surface area contributed by atoms with Crippen LogP contribution in [0.5, 0.6) is 0 Å². The molecule has 3 N–H and O–H groups in total. The van der Waals surface area contributed by atoms with Gasteiger partial charge in [-0.3, -0.25) is 4.72 Å². The Morgan fingerprint density at radius 3 is 2.61 bits per heavy atom. The smallest absolute Gasteiger partial charge is 0.408 e. The number of hydrogen-bond donors (Lipinski definition) is 3. The molecule has 0 aliphatic rings. The van der Waals surface area contributed by atoms with Crippen LogP contribution in [0.15, 0.2) is 24.3 Å². The number of carbonyl (C=O) groups is 2. The Morgan fingerprint density at radius 2 is 2.04 bits per heavy atom. The van der Waals surface area contributed by atoms with E-state index in [0.717, 1.165) is 12.7 Å². The lowest BCUT2D eigenvalue weighted by Gasteiger charge is -2.16. The largest absolute Gasteiger partial charge is 0.479 e. The van der Waals surface area contributed by atoms with E-state index in [2.05, 4.69) is 10.0 Å². The molecule has 1 rings (SSSR count). The average Bonchev–Trinajstić information content (AvgIpc) is 2.43. The maximum absolute atomic E-state index is 11.6. The second-order valence-electron chi connectivity index (χ2n) is 4.90. The minimum Gasteiger partial charge on any atom is -0.479 e. The van der Waals surface area contributed by atoms with E-state index in [1.165, 1.54) is 24.3 Å². The molecule has 8 nitrogen and oxygen atoms in total. The molecule has 0 bridgehead atoms. The summed E-state index contributed by atoms with van der Waals surface area (Å²) in [4.78, 5) is 23.0. The fourth-order valence-electron chi connectivity index (χ4n) is 1.75. The van der Waals surface area contributed by atoms with Crippen molar-refractivity contribution in [3.05, 3.63) is 29.8 Å². The summed E-state index contributed by atoms with van der Waals surface area (Å²) >= 11 is 0. The van der Waals surface area contributed by atoms with E-state index >= 15 is 0 Å². The van der Waals surface area contributed by atoms with Crippen LogP contribution in [0, 0.1) is 0 Å². The van der Waals surface area contributed by atoms with Crippen molar-refractivity contribution in [2.45, 2.75) is 25.8 Å². The van der Waals surface area contributed by atoms with Crippen LogP contribution >= 0.6 is 0 Å². The predicted molar refractivity (Wildman–Crippen MR) is 84.7 cm³/mol. The first kappa shape index (κ1) is 18.8. The number of ether oxygens (including phenoxy) is 1. The lowest BCUT2D eigenvalue weighted by atomic mass is 10.1. The number of sulfonamides is 1. The number of carboxylic acid groups (broad SMARTS) is 1. The Balaban J connectivity index is 2.87. The van der Waals surface area contributed by atoms with E-state index in [1.807, 2.05) is 6.92 Å². The summed E-state index contributed by atoms with van der Waals surface area (Å²) in [6.45, 7) is 2.13. The van der Waals surface area contributed by atoms with Crippen molar-refractivity contribution in [2.24, 2.45) is 0 Å².